The molecule has 0 radical (unpaired) electrons. The summed E-state index contributed by atoms with van der Waals surface area (Å²) in [6, 6.07) is 17.6. The molecule has 0 aromatic heterocycles. The first kappa shape index (κ1) is 25.8. The summed E-state index contributed by atoms with van der Waals surface area (Å²) in [5.74, 6) is -1.71. The molecule has 2 bridgehead atoms. The molecule has 1 spiro atoms. The van der Waals surface area contributed by atoms with Crippen LogP contribution in [-0.4, -0.2) is 55.9 Å². The minimum atomic E-state index is -0.775. The van der Waals surface area contributed by atoms with E-state index in [2.05, 4.69) is 10.6 Å². The molecule has 6 atom stereocenters. The second-order valence-corrected chi connectivity index (χ2v) is 13.0. The van der Waals surface area contributed by atoms with Gasteiger partial charge in [0.1, 0.15) is 6.04 Å². The number of fused-ring (bicyclic) bond motifs is 1. The fourth-order valence-electron chi connectivity index (χ4n) is 6.40. The average molecular weight is 522 g/mol. The lowest BCUT2D eigenvalue weighted by Gasteiger charge is -2.38. The van der Waals surface area contributed by atoms with Crippen molar-refractivity contribution in [3.05, 3.63) is 71.8 Å². The monoisotopic (exact) mass is 521 g/mol. The number of hydrogen-bond donors (Lipinski definition) is 3. The highest BCUT2D eigenvalue weighted by Gasteiger charge is 2.74. The van der Waals surface area contributed by atoms with E-state index in [9.17, 15) is 19.5 Å². The van der Waals surface area contributed by atoms with Crippen LogP contribution in [0, 0.1) is 11.8 Å². The van der Waals surface area contributed by atoms with E-state index in [4.69, 9.17) is 0 Å². The highest BCUT2D eigenvalue weighted by atomic mass is 32.2. The van der Waals surface area contributed by atoms with Crippen molar-refractivity contribution in [1.29, 1.82) is 0 Å². The first-order valence-corrected chi connectivity index (χ1v) is 13.8. The van der Waals surface area contributed by atoms with E-state index in [0.717, 1.165) is 17.5 Å². The number of amides is 3. The summed E-state index contributed by atoms with van der Waals surface area (Å²) in [6.07, 6.45) is 1.47. The molecular formula is C29H35N3O4S. The van der Waals surface area contributed by atoms with Gasteiger partial charge in [0.15, 0.2) is 0 Å². The third-order valence-corrected chi connectivity index (χ3v) is 9.74. The number of rotatable bonds is 7. The van der Waals surface area contributed by atoms with Crippen molar-refractivity contribution < 1.29 is 19.5 Å². The Kier molecular flexibility index (Phi) is 6.83. The summed E-state index contributed by atoms with van der Waals surface area (Å²) in [5, 5.41) is 16.6. The Morgan fingerprint density at radius 2 is 1.73 bits per heavy atom. The maximum absolute atomic E-state index is 14.3. The third-order valence-electron chi connectivity index (χ3n) is 7.79. The molecular weight excluding hydrogens is 486 g/mol. The number of hydrogen-bond acceptors (Lipinski definition) is 5. The molecule has 3 aliphatic heterocycles. The van der Waals surface area contributed by atoms with Crippen molar-refractivity contribution in [3.63, 3.8) is 0 Å². The van der Waals surface area contributed by atoms with Crippen molar-refractivity contribution in [2.45, 2.75) is 67.8 Å². The molecule has 5 rings (SSSR count). The lowest BCUT2D eigenvalue weighted by molar-refractivity contribution is -0.143. The minimum Gasteiger partial charge on any atom is -0.394 e. The van der Waals surface area contributed by atoms with E-state index in [-0.39, 0.29) is 29.6 Å². The van der Waals surface area contributed by atoms with Gasteiger partial charge in [-0.3, -0.25) is 14.4 Å². The molecule has 2 aromatic rings. The summed E-state index contributed by atoms with van der Waals surface area (Å²) in [6.45, 7) is 5.84. The molecule has 3 amide bonds. The number of carbonyl (C=O) groups is 3. The number of nitrogens with one attached hydrogen (secondary N) is 2. The first-order chi connectivity index (χ1) is 17.7. The van der Waals surface area contributed by atoms with Crippen LogP contribution in [0.5, 0.6) is 0 Å². The molecule has 3 fully saturated rings. The number of nitrogens with zero attached hydrogens (tertiary/aromatic N) is 1. The molecule has 3 saturated heterocycles. The molecule has 7 nitrogen and oxygen atoms in total. The van der Waals surface area contributed by atoms with Crippen LogP contribution >= 0.6 is 11.8 Å². The topological polar surface area (TPSA) is 98.7 Å². The van der Waals surface area contributed by atoms with E-state index in [1.165, 1.54) is 0 Å². The lowest BCUT2D eigenvalue weighted by Crippen LogP contribution is -2.57. The van der Waals surface area contributed by atoms with Gasteiger partial charge >= 0.3 is 0 Å². The Balaban J connectivity index is 1.51. The summed E-state index contributed by atoms with van der Waals surface area (Å²) in [7, 11) is 0. The predicted molar refractivity (Wildman–Crippen MR) is 143 cm³/mol. The van der Waals surface area contributed by atoms with Gasteiger partial charge in [-0.25, -0.2) is 0 Å². The molecule has 8 heteroatoms. The van der Waals surface area contributed by atoms with E-state index in [1.54, 1.807) is 16.7 Å². The maximum atomic E-state index is 14.3. The Morgan fingerprint density at radius 1 is 1.08 bits per heavy atom. The largest absolute Gasteiger partial charge is 0.394 e. The zero-order chi connectivity index (χ0) is 26.4. The van der Waals surface area contributed by atoms with Crippen molar-refractivity contribution in [2.24, 2.45) is 11.8 Å². The summed E-state index contributed by atoms with van der Waals surface area (Å²) in [4.78, 5) is 43.3. The zero-order valence-corrected chi connectivity index (χ0v) is 22.3. The quantitative estimate of drug-likeness (QED) is 0.520. The van der Waals surface area contributed by atoms with Crippen LogP contribution in [0.4, 0.5) is 0 Å². The van der Waals surface area contributed by atoms with Gasteiger partial charge < -0.3 is 20.6 Å². The summed E-state index contributed by atoms with van der Waals surface area (Å²) in [5.41, 5.74) is 1.27. The van der Waals surface area contributed by atoms with Crippen LogP contribution in [0.2, 0.25) is 0 Å². The highest BCUT2D eigenvalue weighted by molar-refractivity contribution is 8.02. The number of benzene rings is 2. The number of aliphatic hydroxyl groups excluding tert-OH is 1. The van der Waals surface area contributed by atoms with Crippen LogP contribution in [-0.2, 0) is 20.9 Å². The SMILES string of the molecule is CC(C)(C)NC(=O)C1N([C@H](CO)c2ccccc2)C(=O)[C@@H]2[C@@H](C(=O)NCc3ccccc3)[C@H]3CCC12S3. The fourth-order valence-corrected chi connectivity index (χ4v) is 8.60. The predicted octanol–water partition coefficient (Wildman–Crippen LogP) is 3.04. The summed E-state index contributed by atoms with van der Waals surface area (Å²) >= 11 is 1.63. The molecule has 2 unspecified atom stereocenters. The first-order valence-electron chi connectivity index (χ1n) is 13.0. The van der Waals surface area contributed by atoms with Crippen LogP contribution in [0.25, 0.3) is 0 Å². The van der Waals surface area contributed by atoms with Gasteiger partial charge in [-0.1, -0.05) is 60.7 Å². The second kappa shape index (κ2) is 9.80. The van der Waals surface area contributed by atoms with Gasteiger partial charge in [0.25, 0.3) is 0 Å². The van der Waals surface area contributed by atoms with E-state index in [1.807, 2.05) is 81.4 Å². The van der Waals surface area contributed by atoms with Gasteiger partial charge in [-0.05, 0) is 44.7 Å². The molecule has 0 saturated carbocycles. The zero-order valence-electron chi connectivity index (χ0n) is 21.5. The number of carbonyl (C=O) groups excluding carboxylic acids is 3. The summed E-state index contributed by atoms with van der Waals surface area (Å²) < 4.78 is -0.700. The van der Waals surface area contributed by atoms with E-state index < -0.39 is 34.2 Å². The van der Waals surface area contributed by atoms with Gasteiger partial charge in [0.05, 0.1) is 29.2 Å². The molecule has 3 heterocycles. The molecule has 3 aliphatic rings. The molecule has 0 aliphatic carbocycles. The minimum absolute atomic E-state index is 0.0129. The lowest BCUT2D eigenvalue weighted by atomic mass is 9.70. The van der Waals surface area contributed by atoms with Gasteiger partial charge in [-0.2, -0.15) is 0 Å². The normalized spacial score (nSPS) is 29.2. The number of aliphatic hydroxyl groups is 1. The fraction of sp³-hybridized carbons (Fsp3) is 0.483. The van der Waals surface area contributed by atoms with Crippen molar-refractivity contribution in [3.8, 4) is 0 Å². The van der Waals surface area contributed by atoms with Crippen LogP contribution < -0.4 is 10.6 Å². The standard InChI is InChI=1S/C29H35N3O4S/c1-28(2,3)31-26(35)24-29-15-14-21(37-29)22(25(34)30-16-18-10-6-4-7-11-18)23(29)27(36)32(24)20(17-33)19-12-8-5-9-13-19/h4-13,20-24,33H,14-17H2,1-3H3,(H,30,34)(H,31,35)/t20-,21-,22+,23+,24?,29?/m1/s1. The molecule has 3 N–H and O–H groups in total. The van der Waals surface area contributed by atoms with Gasteiger partial charge in [0, 0.05) is 17.3 Å². The maximum Gasteiger partial charge on any atom is 0.244 e. The van der Waals surface area contributed by atoms with Gasteiger partial charge in [0.2, 0.25) is 17.7 Å². The van der Waals surface area contributed by atoms with E-state index >= 15 is 0 Å². The molecule has 37 heavy (non-hydrogen) atoms. The van der Waals surface area contributed by atoms with Gasteiger partial charge in [-0.15, -0.1) is 11.8 Å². The Hall–Kier alpha value is -2.84. The van der Waals surface area contributed by atoms with Crippen molar-refractivity contribution >= 4 is 29.5 Å². The van der Waals surface area contributed by atoms with Crippen LogP contribution in [0.3, 0.4) is 0 Å². The Labute approximate surface area is 222 Å². The average Bonchev–Trinajstić information content (AvgIpc) is 3.51. The highest BCUT2D eigenvalue weighted by Crippen LogP contribution is 2.67. The van der Waals surface area contributed by atoms with Crippen molar-refractivity contribution in [1.82, 2.24) is 15.5 Å². The van der Waals surface area contributed by atoms with Crippen LogP contribution in [0.1, 0.15) is 50.8 Å². The second-order valence-electron chi connectivity index (χ2n) is 11.4. The van der Waals surface area contributed by atoms with Crippen molar-refractivity contribution in [2.75, 3.05) is 6.61 Å². The Bertz CT molecular complexity index is 1170. The van der Waals surface area contributed by atoms with E-state index in [0.29, 0.717) is 13.0 Å². The smallest absolute Gasteiger partial charge is 0.244 e. The third kappa shape index (κ3) is 4.55. The molecule has 2 aromatic carbocycles. The Morgan fingerprint density at radius 3 is 2.35 bits per heavy atom. The molecule has 196 valence electrons. The number of likely N-dealkylation sites (tertiary alicyclic amines) is 1. The van der Waals surface area contributed by atoms with Crippen LogP contribution in [0.15, 0.2) is 60.7 Å². The number of thioether (sulfide) groups is 1.